The standard InChI is InChI=1S/C21H27N3O3/c1-4-23(16-11-6-5-7-12-16)18(25)14-24-19(26)21(3,22-20(24)27)17-13-9-8-10-15(17)2/h8-11,13H,4-7,12,14H2,1-3H3,(H,22,27). The van der Waals surface area contributed by atoms with Gasteiger partial charge in [0.05, 0.1) is 0 Å². The van der Waals surface area contributed by atoms with Crippen molar-refractivity contribution in [3.8, 4) is 0 Å². The van der Waals surface area contributed by atoms with Crippen LogP contribution in [0, 0.1) is 6.92 Å². The minimum atomic E-state index is -1.15. The molecule has 3 rings (SSSR count). The molecule has 1 aliphatic carbocycles. The van der Waals surface area contributed by atoms with Crippen molar-refractivity contribution in [2.75, 3.05) is 13.1 Å². The van der Waals surface area contributed by atoms with Crippen LogP contribution in [-0.4, -0.2) is 40.7 Å². The molecule has 1 aromatic rings. The third kappa shape index (κ3) is 3.48. The van der Waals surface area contributed by atoms with Crippen LogP contribution in [0.1, 0.15) is 50.7 Å². The molecule has 4 amide bonds. The molecule has 1 atom stereocenters. The van der Waals surface area contributed by atoms with Crippen molar-refractivity contribution < 1.29 is 14.4 Å². The monoisotopic (exact) mass is 369 g/mol. The van der Waals surface area contributed by atoms with Crippen LogP contribution in [0.5, 0.6) is 0 Å². The molecule has 144 valence electrons. The average molecular weight is 369 g/mol. The van der Waals surface area contributed by atoms with Gasteiger partial charge in [-0.1, -0.05) is 30.3 Å². The van der Waals surface area contributed by atoms with Crippen LogP contribution in [-0.2, 0) is 15.1 Å². The lowest BCUT2D eigenvalue weighted by atomic mass is 9.88. The lowest BCUT2D eigenvalue weighted by Gasteiger charge is -2.28. The van der Waals surface area contributed by atoms with E-state index in [2.05, 4.69) is 11.4 Å². The highest BCUT2D eigenvalue weighted by molar-refractivity contribution is 6.09. The smallest absolute Gasteiger partial charge is 0.319 e. The molecule has 6 nitrogen and oxygen atoms in total. The van der Waals surface area contributed by atoms with E-state index in [1.165, 1.54) is 0 Å². The number of benzene rings is 1. The van der Waals surface area contributed by atoms with Gasteiger partial charge in [-0.2, -0.15) is 0 Å². The van der Waals surface area contributed by atoms with E-state index in [1.54, 1.807) is 11.8 Å². The molecule has 6 heteroatoms. The summed E-state index contributed by atoms with van der Waals surface area (Å²) in [6, 6.07) is 6.95. The Hall–Kier alpha value is -2.63. The van der Waals surface area contributed by atoms with Gasteiger partial charge in [0.2, 0.25) is 5.91 Å². The molecule has 0 radical (unpaired) electrons. The van der Waals surface area contributed by atoms with Crippen LogP contribution in [0.2, 0.25) is 0 Å². The molecule has 27 heavy (non-hydrogen) atoms. The second-order valence-electron chi connectivity index (χ2n) is 7.34. The summed E-state index contributed by atoms with van der Waals surface area (Å²) in [5, 5.41) is 2.78. The fraction of sp³-hybridized carbons (Fsp3) is 0.476. The van der Waals surface area contributed by atoms with Gasteiger partial charge in [-0.3, -0.25) is 14.5 Å². The number of rotatable bonds is 5. The summed E-state index contributed by atoms with van der Waals surface area (Å²) >= 11 is 0. The van der Waals surface area contributed by atoms with Crippen molar-refractivity contribution in [3.05, 3.63) is 47.2 Å². The Labute approximate surface area is 160 Å². The number of nitrogens with one attached hydrogen (secondary N) is 1. The second kappa shape index (κ2) is 7.55. The fourth-order valence-corrected chi connectivity index (χ4v) is 3.98. The first-order valence-electron chi connectivity index (χ1n) is 9.58. The summed E-state index contributed by atoms with van der Waals surface area (Å²) in [6.07, 6.45) is 6.11. The summed E-state index contributed by atoms with van der Waals surface area (Å²) in [7, 11) is 0. The number of carbonyl (C=O) groups is 3. The normalized spacial score (nSPS) is 22.5. The maximum atomic E-state index is 13.1. The number of urea groups is 1. The van der Waals surface area contributed by atoms with Gasteiger partial charge in [0, 0.05) is 12.2 Å². The van der Waals surface area contributed by atoms with Crippen molar-refractivity contribution >= 4 is 17.8 Å². The lowest BCUT2D eigenvalue weighted by molar-refractivity contribution is -0.138. The minimum Gasteiger partial charge on any atom is -0.319 e. The van der Waals surface area contributed by atoms with Gasteiger partial charge in [-0.25, -0.2) is 4.79 Å². The summed E-state index contributed by atoms with van der Waals surface area (Å²) in [5.74, 6) is -0.605. The third-order valence-corrected chi connectivity index (χ3v) is 5.48. The molecule has 2 aliphatic rings. The number of amides is 4. The van der Waals surface area contributed by atoms with E-state index in [-0.39, 0.29) is 18.4 Å². The molecule has 1 aromatic carbocycles. The highest BCUT2D eigenvalue weighted by Gasteiger charge is 2.50. The van der Waals surface area contributed by atoms with Gasteiger partial charge in [0.15, 0.2) is 0 Å². The van der Waals surface area contributed by atoms with Crippen molar-refractivity contribution in [1.82, 2.24) is 15.1 Å². The van der Waals surface area contributed by atoms with E-state index in [0.29, 0.717) is 6.54 Å². The fourth-order valence-electron chi connectivity index (χ4n) is 3.98. The van der Waals surface area contributed by atoms with E-state index in [1.807, 2.05) is 38.1 Å². The predicted octanol–water partition coefficient (Wildman–Crippen LogP) is 3.07. The van der Waals surface area contributed by atoms with Gasteiger partial charge < -0.3 is 10.2 Å². The van der Waals surface area contributed by atoms with E-state index < -0.39 is 11.6 Å². The van der Waals surface area contributed by atoms with E-state index in [4.69, 9.17) is 0 Å². The van der Waals surface area contributed by atoms with Gasteiger partial charge in [0.25, 0.3) is 5.91 Å². The third-order valence-electron chi connectivity index (χ3n) is 5.48. The summed E-state index contributed by atoms with van der Waals surface area (Å²) in [4.78, 5) is 41.2. The lowest BCUT2D eigenvalue weighted by Crippen LogP contribution is -2.44. The Morgan fingerprint density at radius 1 is 1.26 bits per heavy atom. The summed E-state index contributed by atoms with van der Waals surface area (Å²) < 4.78 is 0. The summed E-state index contributed by atoms with van der Waals surface area (Å²) in [6.45, 7) is 5.81. The first kappa shape index (κ1) is 19.1. The van der Waals surface area contributed by atoms with E-state index in [9.17, 15) is 14.4 Å². The minimum absolute atomic E-state index is 0.219. The number of allylic oxidation sites excluding steroid dienone is 2. The zero-order chi connectivity index (χ0) is 19.6. The van der Waals surface area contributed by atoms with Crippen LogP contribution < -0.4 is 5.32 Å². The van der Waals surface area contributed by atoms with Crippen LogP contribution in [0.25, 0.3) is 0 Å². The van der Waals surface area contributed by atoms with Crippen LogP contribution in [0.4, 0.5) is 4.79 Å². The number of likely N-dealkylation sites (N-methyl/N-ethyl adjacent to an activating group) is 1. The van der Waals surface area contributed by atoms with Gasteiger partial charge in [-0.15, -0.1) is 0 Å². The molecular weight excluding hydrogens is 342 g/mol. The Bertz CT molecular complexity index is 802. The largest absolute Gasteiger partial charge is 0.325 e. The second-order valence-corrected chi connectivity index (χ2v) is 7.34. The van der Waals surface area contributed by atoms with Gasteiger partial charge in [-0.05, 0) is 57.6 Å². The molecular formula is C21H27N3O3. The molecule has 0 aromatic heterocycles. The average Bonchev–Trinajstić information content (AvgIpc) is 2.87. The Morgan fingerprint density at radius 2 is 2.00 bits per heavy atom. The summed E-state index contributed by atoms with van der Waals surface area (Å²) in [5.41, 5.74) is 1.52. The quantitative estimate of drug-likeness (QED) is 0.811. The molecule has 1 heterocycles. The van der Waals surface area contributed by atoms with Crippen LogP contribution in [0.3, 0.4) is 0 Å². The predicted molar refractivity (Wildman–Crippen MR) is 103 cm³/mol. The highest BCUT2D eigenvalue weighted by Crippen LogP contribution is 2.31. The molecule has 1 saturated heterocycles. The number of aryl methyl sites for hydroxylation is 1. The van der Waals surface area contributed by atoms with Crippen molar-refractivity contribution in [3.63, 3.8) is 0 Å². The molecule has 1 N–H and O–H groups in total. The van der Waals surface area contributed by atoms with Crippen LogP contribution >= 0.6 is 0 Å². The number of nitrogens with zero attached hydrogens (tertiary/aromatic N) is 2. The van der Waals surface area contributed by atoms with Crippen molar-refractivity contribution in [2.24, 2.45) is 0 Å². The maximum absolute atomic E-state index is 13.1. The van der Waals surface area contributed by atoms with Crippen molar-refractivity contribution in [1.29, 1.82) is 0 Å². The number of imide groups is 1. The van der Waals surface area contributed by atoms with Crippen LogP contribution in [0.15, 0.2) is 36.0 Å². The zero-order valence-corrected chi connectivity index (χ0v) is 16.2. The topological polar surface area (TPSA) is 69.7 Å². The molecule has 0 bridgehead atoms. The first-order valence-corrected chi connectivity index (χ1v) is 9.58. The highest BCUT2D eigenvalue weighted by atomic mass is 16.2. The molecule has 1 fully saturated rings. The van der Waals surface area contributed by atoms with Gasteiger partial charge in [0.1, 0.15) is 12.1 Å². The molecule has 1 unspecified atom stereocenters. The number of hydrogen-bond acceptors (Lipinski definition) is 3. The SMILES string of the molecule is CCN(C(=O)CN1C(=O)NC(C)(c2ccccc2C)C1=O)C1=CCCCC1. The van der Waals surface area contributed by atoms with E-state index in [0.717, 1.165) is 47.4 Å². The van der Waals surface area contributed by atoms with Gasteiger partial charge >= 0.3 is 6.03 Å². The number of carbonyl (C=O) groups excluding carboxylic acids is 3. The molecule has 1 aliphatic heterocycles. The molecule has 0 spiro atoms. The van der Waals surface area contributed by atoms with Crippen molar-refractivity contribution in [2.45, 2.75) is 52.0 Å². The van der Waals surface area contributed by atoms with E-state index >= 15 is 0 Å². The Kier molecular flexibility index (Phi) is 5.35. The zero-order valence-electron chi connectivity index (χ0n) is 16.2. The number of hydrogen-bond donors (Lipinski definition) is 1. The molecule has 0 saturated carbocycles. The maximum Gasteiger partial charge on any atom is 0.325 e. The Balaban J connectivity index is 1.80. The Morgan fingerprint density at radius 3 is 2.63 bits per heavy atom. The first-order chi connectivity index (χ1) is 12.9.